The third kappa shape index (κ3) is 3.76. The van der Waals surface area contributed by atoms with Gasteiger partial charge in [-0.3, -0.25) is 0 Å². The fraction of sp³-hybridized carbons (Fsp3) is 1.00. The van der Waals surface area contributed by atoms with Crippen molar-refractivity contribution < 1.29 is 9.47 Å². The molecule has 1 saturated heterocycles. The van der Waals surface area contributed by atoms with Crippen molar-refractivity contribution in [2.45, 2.75) is 64.1 Å². The molecule has 2 aliphatic rings. The maximum absolute atomic E-state index is 5.82. The molecule has 88 valence electrons. The van der Waals surface area contributed by atoms with E-state index in [1.165, 1.54) is 57.8 Å². The van der Waals surface area contributed by atoms with Gasteiger partial charge in [0.15, 0.2) is 6.29 Å². The van der Waals surface area contributed by atoms with Crippen molar-refractivity contribution in [3.8, 4) is 0 Å². The van der Waals surface area contributed by atoms with E-state index in [0.29, 0.717) is 5.92 Å². The molecule has 2 rings (SSSR count). The Labute approximate surface area is 93.3 Å². The highest BCUT2D eigenvalue weighted by Crippen LogP contribution is 2.28. The molecule has 0 radical (unpaired) electrons. The fourth-order valence-corrected chi connectivity index (χ4v) is 2.68. The molecule has 15 heavy (non-hydrogen) atoms. The maximum atomic E-state index is 5.82. The topological polar surface area (TPSA) is 18.5 Å². The van der Waals surface area contributed by atoms with Crippen LogP contribution in [0.2, 0.25) is 0 Å². The third-order valence-corrected chi connectivity index (χ3v) is 3.64. The van der Waals surface area contributed by atoms with E-state index in [2.05, 4.69) is 0 Å². The summed E-state index contributed by atoms with van der Waals surface area (Å²) in [6, 6.07) is 0. The van der Waals surface area contributed by atoms with Gasteiger partial charge in [0.25, 0.3) is 0 Å². The Hall–Kier alpha value is -0.0800. The standard InChI is InChI=1S/C13H24O2/c1-2-4-8-12(9-5-3-1)13-14-10-6-7-11-15-13/h12-13H,1-11H2. The summed E-state index contributed by atoms with van der Waals surface area (Å²) in [7, 11) is 0. The van der Waals surface area contributed by atoms with Crippen molar-refractivity contribution in [3.05, 3.63) is 0 Å². The van der Waals surface area contributed by atoms with Crippen LogP contribution in [0.15, 0.2) is 0 Å². The molecule has 0 aromatic rings. The van der Waals surface area contributed by atoms with E-state index in [-0.39, 0.29) is 6.29 Å². The number of ether oxygens (including phenoxy) is 2. The molecule has 1 aliphatic carbocycles. The molecule has 0 atom stereocenters. The average molecular weight is 212 g/mol. The lowest BCUT2D eigenvalue weighted by molar-refractivity contribution is -0.162. The molecular weight excluding hydrogens is 188 g/mol. The van der Waals surface area contributed by atoms with Crippen molar-refractivity contribution in [1.82, 2.24) is 0 Å². The molecule has 0 N–H and O–H groups in total. The molecule has 0 spiro atoms. The summed E-state index contributed by atoms with van der Waals surface area (Å²) in [6.45, 7) is 1.81. The van der Waals surface area contributed by atoms with E-state index < -0.39 is 0 Å². The van der Waals surface area contributed by atoms with Gasteiger partial charge in [0, 0.05) is 19.1 Å². The van der Waals surface area contributed by atoms with Crippen LogP contribution in [0.4, 0.5) is 0 Å². The first kappa shape index (κ1) is 11.4. The first-order chi connectivity index (χ1) is 7.47. The molecule has 0 unspecified atom stereocenters. The first-order valence-electron chi connectivity index (χ1n) is 6.70. The quantitative estimate of drug-likeness (QED) is 0.662. The predicted octanol–water partition coefficient (Wildman–Crippen LogP) is 3.50. The van der Waals surface area contributed by atoms with Crippen LogP contribution in [0.1, 0.15) is 57.8 Å². The SMILES string of the molecule is C1CCCC(C2OCCCCO2)CCC1. The fourth-order valence-electron chi connectivity index (χ4n) is 2.68. The van der Waals surface area contributed by atoms with Crippen molar-refractivity contribution >= 4 is 0 Å². The van der Waals surface area contributed by atoms with E-state index in [1.807, 2.05) is 0 Å². The summed E-state index contributed by atoms with van der Waals surface area (Å²) >= 11 is 0. The second-order valence-corrected chi connectivity index (χ2v) is 4.92. The Morgan fingerprint density at radius 3 is 1.73 bits per heavy atom. The van der Waals surface area contributed by atoms with Crippen LogP contribution in [0.25, 0.3) is 0 Å². The zero-order chi connectivity index (χ0) is 10.3. The van der Waals surface area contributed by atoms with Crippen LogP contribution in [-0.2, 0) is 9.47 Å². The van der Waals surface area contributed by atoms with E-state index in [0.717, 1.165) is 13.2 Å². The Balaban J connectivity index is 1.82. The van der Waals surface area contributed by atoms with Gasteiger partial charge in [0.2, 0.25) is 0 Å². The van der Waals surface area contributed by atoms with Crippen LogP contribution in [0.3, 0.4) is 0 Å². The first-order valence-corrected chi connectivity index (χ1v) is 6.70. The minimum atomic E-state index is 0.116. The van der Waals surface area contributed by atoms with Gasteiger partial charge >= 0.3 is 0 Å². The third-order valence-electron chi connectivity index (χ3n) is 3.64. The van der Waals surface area contributed by atoms with Gasteiger partial charge in [-0.05, 0) is 25.7 Å². The van der Waals surface area contributed by atoms with Crippen LogP contribution in [-0.4, -0.2) is 19.5 Å². The summed E-state index contributed by atoms with van der Waals surface area (Å²) in [6.07, 6.45) is 12.1. The molecule has 2 nitrogen and oxygen atoms in total. The summed E-state index contributed by atoms with van der Waals surface area (Å²) in [5.74, 6) is 0.670. The Morgan fingerprint density at radius 2 is 1.13 bits per heavy atom. The van der Waals surface area contributed by atoms with Gasteiger partial charge in [0.05, 0.1) is 0 Å². The highest BCUT2D eigenvalue weighted by atomic mass is 16.7. The van der Waals surface area contributed by atoms with Gasteiger partial charge in [-0.1, -0.05) is 32.1 Å². The largest absolute Gasteiger partial charge is 0.352 e. The van der Waals surface area contributed by atoms with E-state index in [9.17, 15) is 0 Å². The minimum absolute atomic E-state index is 0.116. The zero-order valence-electron chi connectivity index (χ0n) is 9.75. The zero-order valence-corrected chi connectivity index (χ0v) is 9.75. The van der Waals surface area contributed by atoms with Crippen LogP contribution in [0.5, 0.6) is 0 Å². The van der Waals surface area contributed by atoms with Crippen molar-refractivity contribution in [1.29, 1.82) is 0 Å². The van der Waals surface area contributed by atoms with Gasteiger partial charge in [-0.15, -0.1) is 0 Å². The van der Waals surface area contributed by atoms with E-state index in [4.69, 9.17) is 9.47 Å². The molecular formula is C13H24O2. The molecule has 1 aliphatic heterocycles. The van der Waals surface area contributed by atoms with Crippen molar-refractivity contribution in [2.24, 2.45) is 5.92 Å². The van der Waals surface area contributed by atoms with Crippen molar-refractivity contribution in [3.63, 3.8) is 0 Å². The Bertz CT molecular complexity index is 154. The molecule has 0 aromatic heterocycles. The highest BCUT2D eigenvalue weighted by Gasteiger charge is 2.24. The minimum Gasteiger partial charge on any atom is -0.352 e. The Morgan fingerprint density at radius 1 is 0.600 bits per heavy atom. The Kier molecular flexibility index (Phi) is 4.94. The molecule has 2 fully saturated rings. The normalized spacial score (nSPS) is 28.0. The van der Waals surface area contributed by atoms with Gasteiger partial charge in [-0.2, -0.15) is 0 Å². The van der Waals surface area contributed by atoms with Gasteiger partial charge in [-0.25, -0.2) is 0 Å². The number of hydrogen-bond donors (Lipinski definition) is 0. The lowest BCUT2D eigenvalue weighted by Crippen LogP contribution is -2.27. The van der Waals surface area contributed by atoms with Crippen molar-refractivity contribution in [2.75, 3.05) is 13.2 Å². The van der Waals surface area contributed by atoms with Gasteiger partial charge < -0.3 is 9.47 Å². The molecule has 0 amide bonds. The average Bonchev–Trinajstić information content (AvgIpc) is 2.45. The monoisotopic (exact) mass is 212 g/mol. The summed E-state index contributed by atoms with van der Waals surface area (Å²) in [5.41, 5.74) is 0. The maximum Gasteiger partial charge on any atom is 0.160 e. The van der Waals surface area contributed by atoms with E-state index >= 15 is 0 Å². The molecule has 2 heteroatoms. The van der Waals surface area contributed by atoms with Gasteiger partial charge in [0.1, 0.15) is 0 Å². The molecule has 1 saturated carbocycles. The number of rotatable bonds is 1. The van der Waals surface area contributed by atoms with Crippen LogP contribution in [0, 0.1) is 5.92 Å². The lowest BCUT2D eigenvalue weighted by atomic mass is 9.90. The van der Waals surface area contributed by atoms with E-state index in [1.54, 1.807) is 0 Å². The number of hydrogen-bond acceptors (Lipinski definition) is 2. The van der Waals surface area contributed by atoms with Crippen LogP contribution < -0.4 is 0 Å². The summed E-state index contributed by atoms with van der Waals surface area (Å²) in [5, 5.41) is 0. The second kappa shape index (κ2) is 6.49. The lowest BCUT2D eigenvalue weighted by Gasteiger charge is -2.27. The molecule has 0 bridgehead atoms. The molecule has 0 aromatic carbocycles. The summed E-state index contributed by atoms with van der Waals surface area (Å²) in [4.78, 5) is 0. The second-order valence-electron chi connectivity index (χ2n) is 4.92. The molecule has 1 heterocycles. The van der Waals surface area contributed by atoms with Crippen LogP contribution >= 0.6 is 0 Å². The smallest absolute Gasteiger partial charge is 0.160 e. The highest BCUT2D eigenvalue weighted by molar-refractivity contribution is 4.68. The predicted molar refractivity (Wildman–Crippen MR) is 60.7 cm³/mol. The summed E-state index contributed by atoms with van der Waals surface area (Å²) < 4.78 is 11.6.